The lowest BCUT2D eigenvalue weighted by atomic mass is 10.2. The smallest absolute Gasteiger partial charge is 0.256 e. The van der Waals surface area contributed by atoms with Crippen LogP contribution in [0, 0.1) is 0 Å². The van der Waals surface area contributed by atoms with Gasteiger partial charge in [-0.15, -0.1) is 11.3 Å². The number of fused-ring (bicyclic) bond motifs is 1. The van der Waals surface area contributed by atoms with Crippen LogP contribution in [0.15, 0.2) is 29.2 Å². The average Bonchev–Trinajstić information content (AvgIpc) is 3.22. The molecule has 1 aliphatic heterocycles. The molecule has 0 saturated carbocycles. The Kier molecular flexibility index (Phi) is 5.30. The van der Waals surface area contributed by atoms with Crippen LogP contribution in [0.5, 0.6) is 0 Å². The van der Waals surface area contributed by atoms with Gasteiger partial charge in [0.15, 0.2) is 15.0 Å². The number of thiazole rings is 1. The SMILES string of the molecule is CS(=O)(=O)c1cccc2sc(N3CCN(C(=O)c4cc(Cl)sc4Cl)CC3)nc12. The van der Waals surface area contributed by atoms with Crippen LogP contribution in [-0.2, 0) is 9.84 Å². The Morgan fingerprint density at radius 1 is 1.14 bits per heavy atom. The molecule has 0 bridgehead atoms. The molecular formula is C17H15Cl2N3O3S3. The van der Waals surface area contributed by atoms with Gasteiger partial charge in [-0.2, -0.15) is 0 Å². The quantitative estimate of drug-likeness (QED) is 0.571. The van der Waals surface area contributed by atoms with Gasteiger partial charge in [0.1, 0.15) is 9.85 Å². The molecule has 11 heteroatoms. The van der Waals surface area contributed by atoms with Gasteiger partial charge in [-0.1, -0.05) is 40.6 Å². The summed E-state index contributed by atoms with van der Waals surface area (Å²) in [5.41, 5.74) is 0.936. The fourth-order valence-corrected chi connectivity index (χ4v) is 6.49. The lowest BCUT2D eigenvalue weighted by Gasteiger charge is -2.34. The summed E-state index contributed by atoms with van der Waals surface area (Å²) in [5.74, 6) is -0.128. The molecule has 28 heavy (non-hydrogen) atoms. The van der Waals surface area contributed by atoms with E-state index in [0.717, 1.165) is 9.83 Å². The first kappa shape index (κ1) is 19.9. The van der Waals surface area contributed by atoms with Crippen LogP contribution in [0.25, 0.3) is 10.2 Å². The zero-order valence-electron chi connectivity index (χ0n) is 14.7. The van der Waals surface area contributed by atoms with Crippen LogP contribution in [0.2, 0.25) is 8.67 Å². The number of piperazine rings is 1. The lowest BCUT2D eigenvalue weighted by molar-refractivity contribution is 0.0747. The van der Waals surface area contributed by atoms with Gasteiger partial charge in [-0.05, 0) is 18.2 Å². The van der Waals surface area contributed by atoms with E-state index < -0.39 is 9.84 Å². The first-order chi connectivity index (χ1) is 13.2. The largest absolute Gasteiger partial charge is 0.345 e. The van der Waals surface area contributed by atoms with Crippen LogP contribution in [-0.4, -0.2) is 56.6 Å². The Morgan fingerprint density at radius 2 is 1.86 bits per heavy atom. The van der Waals surface area contributed by atoms with E-state index in [1.807, 2.05) is 6.07 Å². The number of sulfone groups is 1. The number of thiophene rings is 1. The maximum absolute atomic E-state index is 12.7. The molecule has 3 aromatic rings. The van der Waals surface area contributed by atoms with Crippen molar-refractivity contribution in [2.75, 3.05) is 37.3 Å². The minimum absolute atomic E-state index is 0.128. The molecule has 1 aromatic carbocycles. The molecule has 2 aromatic heterocycles. The fraction of sp³-hybridized carbons (Fsp3) is 0.294. The highest BCUT2D eigenvalue weighted by molar-refractivity contribution is 7.91. The topological polar surface area (TPSA) is 70.6 Å². The Labute approximate surface area is 180 Å². The molecule has 0 unspecified atom stereocenters. The van der Waals surface area contributed by atoms with Crippen molar-refractivity contribution in [3.63, 3.8) is 0 Å². The first-order valence-corrected chi connectivity index (χ1v) is 12.6. The van der Waals surface area contributed by atoms with E-state index in [0.29, 0.717) is 45.9 Å². The molecule has 0 spiro atoms. The summed E-state index contributed by atoms with van der Waals surface area (Å²) in [6, 6.07) is 6.78. The molecule has 3 heterocycles. The average molecular weight is 476 g/mol. The Hall–Kier alpha value is -1.39. The monoisotopic (exact) mass is 475 g/mol. The van der Waals surface area contributed by atoms with Gasteiger partial charge in [0.05, 0.1) is 19.5 Å². The molecule has 148 valence electrons. The van der Waals surface area contributed by atoms with Crippen molar-refractivity contribution in [1.82, 2.24) is 9.88 Å². The number of para-hydroxylation sites is 1. The number of benzene rings is 1. The zero-order chi connectivity index (χ0) is 20.1. The van der Waals surface area contributed by atoms with E-state index in [-0.39, 0.29) is 10.8 Å². The molecule has 1 amide bonds. The van der Waals surface area contributed by atoms with Gasteiger partial charge in [-0.25, -0.2) is 13.4 Å². The summed E-state index contributed by atoms with van der Waals surface area (Å²) in [7, 11) is -3.35. The van der Waals surface area contributed by atoms with Crippen molar-refractivity contribution in [2.45, 2.75) is 4.90 Å². The molecular weight excluding hydrogens is 461 g/mol. The van der Waals surface area contributed by atoms with E-state index in [2.05, 4.69) is 9.88 Å². The summed E-state index contributed by atoms with van der Waals surface area (Å²) in [6.07, 6.45) is 1.19. The first-order valence-electron chi connectivity index (χ1n) is 8.32. The number of hydrogen-bond donors (Lipinski definition) is 0. The molecule has 1 fully saturated rings. The van der Waals surface area contributed by atoms with Gasteiger partial charge >= 0.3 is 0 Å². The van der Waals surface area contributed by atoms with Gasteiger partial charge in [0.25, 0.3) is 5.91 Å². The number of halogens is 2. The molecule has 0 N–H and O–H groups in total. The molecule has 4 rings (SSSR count). The van der Waals surface area contributed by atoms with Crippen molar-refractivity contribution >= 4 is 77.0 Å². The van der Waals surface area contributed by atoms with E-state index >= 15 is 0 Å². The van der Waals surface area contributed by atoms with Gasteiger partial charge in [-0.3, -0.25) is 4.79 Å². The van der Waals surface area contributed by atoms with Crippen LogP contribution in [0.1, 0.15) is 10.4 Å². The highest BCUT2D eigenvalue weighted by atomic mass is 35.5. The summed E-state index contributed by atoms with van der Waals surface area (Å²) in [4.78, 5) is 21.3. The van der Waals surface area contributed by atoms with Gasteiger partial charge in [0.2, 0.25) is 0 Å². The predicted octanol–water partition coefficient (Wildman–Crippen LogP) is 4.03. The summed E-state index contributed by atoms with van der Waals surface area (Å²) < 4.78 is 25.7. The minimum atomic E-state index is -3.35. The maximum Gasteiger partial charge on any atom is 0.256 e. The second-order valence-electron chi connectivity index (χ2n) is 6.39. The second-order valence-corrected chi connectivity index (χ2v) is 11.7. The van der Waals surface area contributed by atoms with E-state index in [1.165, 1.54) is 28.9 Å². The maximum atomic E-state index is 12.7. The molecule has 1 aliphatic rings. The van der Waals surface area contributed by atoms with Gasteiger partial charge in [0, 0.05) is 32.4 Å². The number of carbonyl (C=O) groups excluding carboxylic acids is 1. The summed E-state index contributed by atoms with van der Waals surface area (Å²) in [6.45, 7) is 2.26. The Balaban J connectivity index is 1.53. The standard InChI is InChI=1S/C17H15Cl2N3O3S3/c1-28(24,25)12-4-2-3-11-14(12)20-17(26-11)22-7-5-21(6-8-22)16(23)10-9-13(18)27-15(10)19/h2-4,9H,5-8H2,1H3. The number of aromatic nitrogens is 1. The van der Waals surface area contributed by atoms with E-state index in [4.69, 9.17) is 23.2 Å². The van der Waals surface area contributed by atoms with Crippen LogP contribution in [0.3, 0.4) is 0 Å². The van der Waals surface area contributed by atoms with Crippen molar-refractivity contribution in [2.24, 2.45) is 0 Å². The van der Waals surface area contributed by atoms with E-state index in [1.54, 1.807) is 23.1 Å². The van der Waals surface area contributed by atoms with Crippen LogP contribution >= 0.6 is 45.9 Å². The molecule has 6 nitrogen and oxygen atoms in total. The van der Waals surface area contributed by atoms with Crippen LogP contribution < -0.4 is 4.90 Å². The zero-order valence-corrected chi connectivity index (χ0v) is 18.6. The molecule has 1 saturated heterocycles. The van der Waals surface area contributed by atoms with Crippen molar-refractivity contribution in [3.05, 3.63) is 38.5 Å². The number of anilines is 1. The van der Waals surface area contributed by atoms with Crippen molar-refractivity contribution in [1.29, 1.82) is 0 Å². The number of hydrogen-bond acceptors (Lipinski definition) is 7. The Bertz CT molecular complexity index is 1160. The molecule has 0 radical (unpaired) electrons. The number of rotatable bonds is 3. The fourth-order valence-electron chi connectivity index (χ4n) is 3.10. The second kappa shape index (κ2) is 7.46. The van der Waals surface area contributed by atoms with E-state index in [9.17, 15) is 13.2 Å². The lowest BCUT2D eigenvalue weighted by Crippen LogP contribution is -2.48. The third-order valence-corrected chi connectivity index (χ3v) is 8.19. The summed E-state index contributed by atoms with van der Waals surface area (Å²) >= 11 is 14.7. The third kappa shape index (κ3) is 3.73. The van der Waals surface area contributed by atoms with Crippen molar-refractivity contribution in [3.8, 4) is 0 Å². The van der Waals surface area contributed by atoms with Gasteiger partial charge < -0.3 is 9.80 Å². The molecule has 0 aliphatic carbocycles. The van der Waals surface area contributed by atoms with Crippen molar-refractivity contribution < 1.29 is 13.2 Å². The summed E-state index contributed by atoms with van der Waals surface area (Å²) in [5, 5.41) is 0.759. The normalized spacial score (nSPS) is 15.4. The highest BCUT2D eigenvalue weighted by Crippen LogP contribution is 2.34. The van der Waals surface area contributed by atoms with Crippen LogP contribution in [0.4, 0.5) is 5.13 Å². The Morgan fingerprint density at radius 3 is 2.46 bits per heavy atom. The molecule has 0 atom stereocenters. The number of nitrogens with zero attached hydrogens (tertiary/aromatic N) is 3. The third-order valence-electron chi connectivity index (χ3n) is 4.49. The number of carbonyl (C=O) groups is 1. The minimum Gasteiger partial charge on any atom is -0.345 e. The predicted molar refractivity (Wildman–Crippen MR) is 115 cm³/mol. The number of amides is 1. The highest BCUT2D eigenvalue weighted by Gasteiger charge is 2.27.